The van der Waals surface area contributed by atoms with E-state index in [1.807, 2.05) is 48.5 Å². The molecule has 3 nitrogen and oxygen atoms in total. The minimum atomic E-state index is -0.525. The van der Waals surface area contributed by atoms with Crippen LogP contribution in [0.25, 0.3) is 0 Å². The number of esters is 1. The number of hydrogen-bond acceptors (Lipinski definition) is 2. The Morgan fingerprint density at radius 3 is 2.38 bits per heavy atom. The summed E-state index contributed by atoms with van der Waals surface area (Å²) in [5.41, 5.74) is 1.21. The predicted octanol–water partition coefficient (Wildman–Crippen LogP) is 2.68. The third kappa shape index (κ3) is 3.22. The first-order chi connectivity index (χ1) is 11.7. The lowest BCUT2D eigenvalue weighted by molar-refractivity contribution is -0.892. The molecule has 0 bridgehead atoms. The van der Waals surface area contributed by atoms with Crippen molar-refractivity contribution in [2.45, 2.75) is 25.4 Å². The zero-order valence-electron chi connectivity index (χ0n) is 14.5. The van der Waals surface area contributed by atoms with E-state index < -0.39 is 5.60 Å². The third-order valence-corrected chi connectivity index (χ3v) is 5.22. The van der Waals surface area contributed by atoms with E-state index in [9.17, 15) is 4.79 Å². The van der Waals surface area contributed by atoms with Gasteiger partial charge in [-0.15, -0.1) is 0 Å². The Labute approximate surface area is 144 Å². The highest BCUT2D eigenvalue weighted by atomic mass is 16.6. The highest BCUT2D eigenvalue weighted by Gasteiger charge is 2.48. The number of piperidine rings is 1. The standard InChI is InChI=1S/C21H25NO2/c1-3-18-16-22(2)15-14-21(18,19-12-8-5-9-13-19)24-20(23)17-10-6-4-7-11-17/h4-13,18H,3,14-16H2,1-2H3/p+1/t18-,21-/m1/s1. The van der Waals surface area contributed by atoms with Gasteiger partial charge in [-0.05, 0) is 24.1 Å². The van der Waals surface area contributed by atoms with Gasteiger partial charge < -0.3 is 9.64 Å². The maximum atomic E-state index is 12.8. The molecule has 0 aliphatic carbocycles. The normalized spacial score (nSPS) is 26.8. The van der Waals surface area contributed by atoms with Crippen LogP contribution in [-0.2, 0) is 10.3 Å². The number of ether oxygens (including phenoxy) is 1. The molecule has 1 unspecified atom stereocenters. The average Bonchev–Trinajstić information content (AvgIpc) is 2.64. The predicted molar refractivity (Wildman–Crippen MR) is 95.0 cm³/mol. The molecule has 3 heteroatoms. The van der Waals surface area contributed by atoms with Gasteiger partial charge in [-0.3, -0.25) is 0 Å². The lowest BCUT2D eigenvalue weighted by Crippen LogP contribution is -3.11. The number of hydrogen-bond donors (Lipinski definition) is 1. The Kier molecular flexibility index (Phi) is 5.00. The number of likely N-dealkylation sites (tertiary alicyclic amines) is 1. The average molecular weight is 324 g/mol. The molecule has 0 spiro atoms. The molecule has 24 heavy (non-hydrogen) atoms. The Balaban J connectivity index is 1.98. The minimum absolute atomic E-state index is 0.225. The van der Waals surface area contributed by atoms with Gasteiger partial charge in [0.1, 0.15) is 0 Å². The number of benzene rings is 2. The zero-order chi connectivity index (χ0) is 17.0. The van der Waals surface area contributed by atoms with Crippen LogP contribution < -0.4 is 4.90 Å². The van der Waals surface area contributed by atoms with Crippen molar-refractivity contribution < 1.29 is 14.4 Å². The van der Waals surface area contributed by atoms with Crippen molar-refractivity contribution >= 4 is 5.97 Å². The molecule has 1 N–H and O–H groups in total. The molecule has 3 rings (SSSR count). The summed E-state index contributed by atoms with van der Waals surface area (Å²) in [6, 6.07) is 19.6. The van der Waals surface area contributed by atoms with Crippen molar-refractivity contribution in [3.63, 3.8) is 0 Å². The molecule has 0 radical (unpaired) electrons. The van der Waals surface area contributed by atoms with Crippen LogP contribution in [0.3, 0.4) is 0 Å². The van der Waals surface area contributed by atoms with Gasteiger partial charge >= 0.3 is 5.97 Å². The molecule has 0 aromatic heterocycles. The summed E-state index contributed by atoms with van der Waals surface area (Å²) in [7, 11) is 2.22. The van der Waals surface area contributed by atoms with Gasteiger partial charge in [-0.1, -0.05) is 55.5 Å². The van der Waals surface area contributed by atoms with Crippen molar-refractivity contribution in [1.82, 2.24) is 0 Å². The summed E-state index contributed by atoms with van der Waals surface area (Å²) in [6.07, 6.45) is 1.86. The second-order valence-corrected chi connectivity index (χ2v) is 6.78. The van der Waals surface area contributed by atoms with Gasteiger partial charge in [0, 0.05) is 6.42 Å². The Morgan fingerprint density at radius 1 is 1.12 bits per heavy atom. The van der Waals surface area contributed by atoms with Gasteiger partial charge in [-0.25, -0.2) is 4.79 Å². The van der Waals surface area contributed by atoms with Crippen molar-refractivity contribution in [2.24, 2.45) is 5.92 Å². The second kappa shape index (κ2) is 7.18. The molecule has 126 valence electrons. The zero-order valence-corrected chi connectivity index (χ0v) is 14.5. The number of carbonyl (C=O) groups excluding carboxylic acids is 1. The van der Waals surface area contributed by atoms with Crippen molar-refractivity contribution in [2.75, 3.05) is 20.1 Å². The molecule has 1 saturated heterocycles. The molecule has 1 aliphatic rings. The topological polar surface area (TPSA) is 30.7 Å². The van der Waals surface area contributed by atoms with E-state index in [4.69, 9.17) is 4.74 Å². The van der Waals surface area contributed by atoms with Gasteiger partial charge in [0.25, 0.3) is 0 Å². The van der Waals surface area contributed by atoms with Crippen LogP contribution >= 0.6 is 0 Å². The van der Waals surface area contributed by atoms with Crippen molar-refractivity contribution in [1.29, 1.82) is 0 Å². The van der Waals surface area contributed by atoms with E-state index >= 15 is 0 Å². The Hall–Kier alpha value is -2.13. The quantitative estimate of drug-likeness (QED) is 0.877. The fraction of sp³-hybridized carbons (Fsp3) is 0.381. The fourth-order valence-corrected chi connectivity index (χ4v) is 3.86. The lowest BCUT2D eigenvalue weighted by atomic mass is 9.74. The fourth-order valence-electron chi connectivity index (χ4n) is 3.86. The third-order valence-electron chi connectivity index (χ3n) is 5.22. The van der Waals surface area contributed by atoms with Gasteiger partial charge in [-0.2, -0.15) is 0 Å². The van der Waals surface area contributed by atoms with E-state index in [1.165, 1.54) is 4.90 Å². The number of quaternary nitrogens is 1. The SMILES string of the molecule is CC[C@@H]1C[NH+](C)CC[C@]1(OC(=O)c1ccccc1)c1ccccc1. The monoisotopic (exact) mass is 324 g/mol. The smallest absolute Gasteiger partial charge is 0.339 e. The van der Waals surface area contributed by atoms with Crippen LogP contribution in [0.4, 0.5) is 0 Å². The number of carbonyl (C=O) groups is 1. The molecule has 3 atom stereocenters. The van der Waals surface area contributed by atoms with Crippen LogP contribution in [0.2, 0.25) is 0 Å². The van der Waals surface area contributed by atoms with E-state index in [2.05, 4.69) is 26.1 Å². The van der Waals surface area contributed by atoms with Crippen molar-refractivity contribution in [3.05, 3.63) is 71.8 Å². The number of rotatable bonds is 4. The number of nitrogens with one attached hydrogen (secondary N) is 1. The summed E-state index contributed by atoms with van der Waals surface area (Å²) in [6.45, 7) is 4.22. The highest BCUT2D eigenvalue weighted by Crippen LogP contribution is 2.40. The molecule has 0 amide bonds. The van der Waals surface area contributed by atoms with Crippen molar-refractivity contribution in [3.8, 4) is 0 Å². The highest BCUT2D eigenvalue weighted by molar-refractivity contribution is 5.89. The second-order valence-electron chi connectivity index (χ2n) is 6.78. The molecule has 1 fully saturated rings. The molecule has 0 saturated carbocycles. The van der Waals surface area contributed by atoms with Crippen LogP contribution in [0, 0.1) is 5.92 Å². The largest absolute Gasteiger partial charge is 0.450 e. The van der Waals surface area contributed by atoms with Gasteiger partial charge in [0.15, 0.2) is 5.60 Å². The summed E-state index contributed by atoms with van der Waals surface area (Å²) in [4.78, 5) is 14.3. The molecular weight excluding hydrogens is 298 g/mol. The van der Waals surface area contributed by atoms with E-state index in [-0.39, 0.29) is 5.97 Å². The maximum Gasteiger partial charge on any atom is 0.339 e. The van der Waals surface area contributed by atoms with E-state index in [0.717, 1.165) is 31.5 Å². The summed E-state index contributed by atoms with van der Waals surface area (Å²) < 4.78 is 6.25. The van der Waals surface area contributed by atoms with E-state index in [0.29, 0.717) is 11.5 Å². The van der Waals surface area contributed by atoms with Gasteiger partial charge in [0.05, 0.1) is 31.6 Å². The van der Waals surface area contributed by atoms with Crippen LogP contribution in [0.15, 0.2) is 60.7 Å². The Bertz CT molecular complexity index is 671. The first-order valence-corrected chi connectivity index (χ1v) is 8.81. The summed E-state index contributed by atoms with van der Waals surface area (Å²) in [5.74, 6) is 0.0961. The molecular formula is C21H26NO2+. The first-order valence-electron chi connectivity index (χ1n) is 8.81. The Morgan fingerprint density at radius 2 is 1.75 bits per heavy atom. The first kappa shape index (κ1) is 16.7. The molecule has 2 aromatic carbocycles. The van der Waals surface area contributed by atoms with E-state index in [1.54, 1.807) is 0 Å². The lowest BCUT2D eigenvalue weighted by Gasteiger charge is -2.44. The summed E-state index contributed by atoms with van der Waals surface area (Å²) in [5, 5.41) is 0. The molecule has 1 heterocycles. The van der Waals surface area contributed by atoms with Crippen LogP contribution in [0.5, 0.6) is 0 Å². The maximum absolute atomic E-state index is 12.8. The van der Waals surface area contributed by atoms with Crippen LogP contribution in [-0.4, -0.2) is 26.1 Å². The molecule has 1 aliphatic heterocycles. The van der Waals surface area contributed by atoms with Gasteiger partial charge in [0.2, 0.25) is 0 Å². The summed E-state index contributed by atoms with van der Waals surface area (Å²) >= 11 is 0. The minimum Gasteiger partial charge on any atom is -0.450 e. The van der Waals surface area contributed by atoms with Crippen LogP contribution in [0.1, 0.15) is 35.7 Å². The molecule has 2 aromatic rings.